The maximum absolute atomic E-state index is 13.2. The molecular weight excluding hydrogens is 254 g/mol. The van der Waals surface area contributed by atoms with Crippen LogP contribution in [-0.4, -0.2) is 25.5 Å². The van der Waals surface area contributed by atoms with Crippen molar-refractivity contribution < 1.29 is 27.1 Å². The van der Waals surface area contributed by atoms with E-state index in [-0.39, 0.29) is 12.2 Å². The summed E-state index contributed by atoms with van der Waals surface area (Å²) >= 11 is 0. The summed E-state index contributed by atoms with van der Waals surface area (Å²) in [6.45, 7) is -0.0958. The van der Waals surface area contributed by atoms with Crippen molar-refractivity contribution in [3.8, 4) is 0 Å². The molecule has 3 nitrogen and oxygen atoms in total. The highest BCUT2D eigenvalue weighted by atomic mass is 19.4. The number of carbonyl (C=O) groups excluding carboxylic acids is 1. The molecule has 0 heterocycles. The van der Waals surface area contributed by atoms with E-state index in [0.29, 0.717) is 12.1 Å². The average Bonchev–Trinajstić information content (AvgIpc) is 2.26. The third kappa shape index (κ3) is 3.27. The van der Waals surface area contributed by atoms with Crippen LogP contribution >= 0.6 is 0 Å². The van der Waals surface area contributed by atoms with Crippen molar-refractivity contribution in [2.45, 2.75) is 12.2 Å². The summed E-state index contributed by atoms with van der Waals surface area (Å²) in [7, 11) is 1.32. The Balaban J connectivity index is 3.01. The number of benzene rings is 1. The molecule has 0 fully saturated rings. The van der Waals surface area contributed by atoms with E-state index in [9.17, 15) is 22.4 Å². The maximum atomic E-state index is 13.2. The monoisotopic (exact) mass is 265 g/mol. The van der Waals surface area contributed by atoms with E-state index in [2.05, 4.69) is 4.74 Å². The number of rotatable bonds is 4. The summed E-state index contributed by atoms with van der Waals surface area (Å²) < 4.78 is 54.7. The first-order valence-electron chi connectivity index (χ1n) is 4.93. The second-order valence-electron chi connectivity index (χ2n) is 3.62. The molecule has 0 radical (unpaired) electrons. The minimum atomic E-state index is -4.79. The van der Waals surface area contributed by atoms with Gasteiger partial charge in [0.05, 0.1) is 18.2 Å². The number of alkyl halides is 3. The largest absolute Gasteiger partial charge is 0.419 e. The first kappa shape index (κ1) is 14.6. The molecule has 1 rings (SSSR count). The van der Waals surface area contributed by atoms with Gasteiger partial charge in [-0.1, -0.05) is 6.07 Å². The van der Waals surface area contributed by atoms with Gasteiger partial charge in [0.25, 0.3) is 0 Å². The van der Waals surface area contributed by atoms with Crippen LogP contribution in [0.3, 0.4) is 0 Å². The zero-order valence-electron chi connectivity index (χ0n) is 9.42. The molecule has 1 atom stereocenters. The van der Waals surface area contributed by atoms with Crippen LogP contribution in [0.15, 0.2) is 18.2 Å². The Kier molecular flexibility index (Phi) is 4.42. The highest BCUT2D eigenvalue weighted by molar-refractivity contribution is 6.00. The summed E-state index contributed by atoms with van der Waals surface area (Å²) in [5.74, 6) is -2.18. The molecule has 0 bridgehead atoms. The number of nitrogens with two attached hydrogens (primary N) is 1. The van der Waals surface area contributed by atoms with Gasteiger partial charge in [-0.2, -0.15) is 13.2 Å². The van der Waals surface area contributed by atoms with Crippen LogP contribution in [0.1, 0.15) is 15.9 Å². The van der Waals surface area contributed by atoms with Gasteiger partial charge in [0.1, 0.15) is 5.82 Å². The predicted octanol–water partition coefficient (Wildman–Crippen LogP) is 2.00. The third-order valence-electron chi connectivity index (χ3n) is 2.24. The SMILES string of the molecule is COCC(N)C(=O)c1ccc(C(F)(F)F)c(F)c1. The van der Waals surface area contributed by atoms with E-state index in [0.717, 1.165) is 6.07 Å². The number of Topliss-reactive ketones (excluding diaryl/α,β-unsaturated/α-hetero) is 1. The van der Waals surface area contributed by atoms with Crippen molar-refractivity contribution in [2.24, 2.45) is 5.73 Å². The van der Waals surface area contributed by atoms with E-state index in [4.69, 9.17) is 5.73 Å². The van der Waals surface area contributed by atoms with Gasteiger partial charge in [0.2, 0.25) is 0 Å². The second kappa shape index (κ2) is 5.45. The van der Waals surface area contributed by atoms with Gasteiger partial charge in [-0.25, -0.2) is 4.39 Å². The molecule has 1 unspecified atom stereocenters. The van der Waals surface area contributed by atoms with E-state index >= 15 is 0 Å². The highest BCUT2D eigenvalue weighted by Crippen LogP contribution is 2.31. The number of carbonyl (C=O) groups is 1. The lowest BCUT2D eigenvalue weighted by atomic mass is 10.0. The molecule has 0 aliphatic rings. The van der Waals surface area contributed by atoms with Gasteiger partial charge in [0, 0.05) is 12.7 Å². The summed E-state index contributed by atoms with van der Waals surface area (Å²) in [6.07, 6.45) is -4.79. The van der Waals surface area contributed by atoms with Crippen molar-refractivity contribution >= 4 is 5.78 Å². The molecule has 0 aromatic heterocycles. The fourth-order valence-electron chi connectivity index (χ4n) is 1.37. The fourth-order valence-corrected chi connectivity index (χ4v) is 1.37. The highest BCUT2D eigenvalue weighted by Gasteiger charge is 2.34. The van der Waals surface area contributed by atoms with Crippen molar-refractivity contribution in [3.05, 3.63) is 35.1 Å². The second-order valence-corrected chi connectivity index (χ2v) is 3.62. The standard InChI is InChI=1S/C11H11F4NO2/c1-18-5-9(16)10(17)6-2-3-7(8(12)4-6)11(13,14)15/h2-4,9H,5,16H2,1H3. The normalized spacial score (nSPS) is 13.4. The van der Waals surface area contributed by atoms with E-state index < -0.39 is 29.4 Å². The average molecular weight is 265 g/mol. The molecule has 1 aromatic carbocycles. The molecular formula is C11H11F4NO2. The van der Waals surface area contributed by atoms with Crippen LogP contribution < -0.4 is 5.73 Å². The minimum absolute atomic E-state index is 0.0958. The minimum Gasteiger partial charge on any atom is -0.383 e. The van der Waals surface area contributed by atoms with Crippen molar-refractivity contribution in [1.29, 1.82) is 0 Å². The molecule has 0 saturated heterocycles. The van der Waals surface area contributed by atoms with Crippen LogP contribution in [0.5, 0.6) is 0 Å². The van der Waals surface area contributed by atoms with Crippen molar-refractivity contribution in [1.82, 2.24) is 0 Å². The van der Waals surface area contributed by atoms with Gasteiger partial charge in [-0.15, -0.1) is 0 Å². The van der Waals surface area contributed by atoms with Crippen LogP contribution in [0.2, 0.25) is 0 Å². The molecule has 0 saturated carbocycles. The Morgan fingerprint density at radius 2 is 2.06 bits per heavy atom. The van der Waals surface area contributed by atoms with Gasteiger partial charge >= 0.3 is 6.18 Å². The number of hydrogen-bond acceptors (Lipinski definition) is 3. The number of methoxy groups -OCH3 is 1. The van der Waals surface area contributed by atoms with Gasteiger partial charge in [-0.3, -0.25) is 4.79 Å². The quantitative estimate of drug-likeness (QED) is 0.669. The zero-order chi connectivity index (χ0) is 13.9. The maximum Gasteiger partial charge on any atom is 0.419 e. The Hall–Kier alpha value is -1.47. The van der Waals surface area contributed by atoms with E-state index in [1.165, 1.54) is 7.11 Å². The van der Waals surface area contributed by atoms with E-state index in [1.807, 2.05) is 0 Å². The molecule has 100 valence electrons. The Morgan fingerprint density at radius 1 is 1.44 bits per heavy atom. The molecule has 0 amide bonds. The van der Waals surface area contributed by atoms with E-state index in [1.54, 1.807) is 0 Å². The predicted molar refractivity (Wildman–Crippen MR) is 55.6 cm³/mol. The van der Waals surface area contributed by atoms with Crippen molar-refractivity contribution in [2.75, 3.05) is 13.7 Å². The first-order chi connectivity index (χ1) is 8.27. The lowest BCUT2D eigenvalue weighted by Gasteiger charge is -2.11. The van der Waals surface area contributed by atoms with Crippen LogP contribution in [0.4, 0.5) is 17.6 Å². The fraction of sp³-hybridized carbons (Fsp3) is 0.364. The van der Waals surface area contributed by atoms with Crippen LogP contribution in [-0.2, 0) is 10.9 Å². The number of hydrogen-bond donors (Lipinski definition) is 1. The third-order valence-corrected chi connectivity index (χ3v) is 2.24. The molecule has 0 aliphatic heterocycles. The van der Waals surface area contributed by atoms with Crippen molar-refractivity contribution in [3.63, 3.8) is 0 Å². The lowest BCUT2D eigenvalue weighted by Crippen LogP contribution is -2.35. The summed E-state index contributed by atoms with van der Waals surface area (Å²) in [4.78, 5) is 11.6. The van der Waals surface area contributed by atoms with Crippen LogP contribution in [0, 0.1) is 5.82 Å². The molecule has 18 heavy (non-hydrogen) atoms. The molecule has 1 aromatic rings. The topological polar surface area (TPSA) is 52.3 Å². The number of ketones is 1. The van der Waals surface area contributed by atoms with Crippen LogP contribution in [0.25, 0.3) is 0 Å². The summed E-state index contributed by atoms with van der Waals surface area (Å²) in [6, 6.07) is 0.901. The Bertz CT molecular complexity index is 445. The molecule has 7 heteroatoms. The summed E-state index contributed by atoms with van der Waals surface area (Å²) in [5.41, 5.74) is 3.78. The smallest absolute Gasteiger partial charge is 0.383 e. The first-order valence-corrected chi connectivity index (χ1v) is 4.93. The lowest BCUT2D eigenvalue weighted by molar-refractivity contribution is -0.140. The number of ether oxygens (including phenoxy) is 1. The summed E-state index contributed by atoms with van der Waals surface area (Å²) in [5, 5.41) is 0. The molecule has 0 spiro atoms. The molecule has 0 aliphatic carbocycles. The van der Waals surface area contributed by atoms with Gasteiger partial charge in [0.15, 0.2) is 5.78 Å². The van der Waals surface area contributed by atoms with Gasteiger partial charge in [-0.05, 0) is 12.1 Å². The Labute approximate surface area is 101 Å². The Morgan fingerprint density at radius 3 is 2.50 bits per heavy atom. The molecule has 2 N–H and O–H groups in total. The number of halogens is 4. The zero-order valence-corrected chi connectivity index (χ0v) is 9.42. The van der Waals surface area contributed by atoms with Gasteiger partial charge < -0.3 is 10.5 Å².